The maximum atomic E-state index is 6.33. The summed E-state index contributed by atoms with van der Waals surface area (Å²) in [5, 5.41) is 0. The summed E-state index contributed by atoms with van der Waals surface area (Å²) < 4.78 is 0. The normalized spacial score (nSPS) is 20.4. The molecule has 1 saturated carbocycles. The highest BCUT2D eigenvalue weighted by molar-refractivity contribution is 4.89. The fourth-order valence-electron chi connectivity index (χ4n) is 2.23. The second kappa shape index (κ2) is 5.83. The Bertz CT molecular complexity index is 174. The molecule has 3 nitrogen and oxygen atoms in total. The van der Waals surface area contributed by atoms with Gasteiger partial charge in [-0.2, -0.15) is 0 Å². The number of rotatable bonds is 6. The van der Waals surface area contributed by atoms with Crippen molar-refractivity contribution in [2.45, 2.75) is 37.6 Å². The molecule has 0 spiro atoms. The number of hydrogen-bond donors (Lipinski definition) is 1. The van der Waals surface area contributed by atoms with Gasteiger partial charge < -0.3 is 15.5 Å². The molecular formula is C12H27N3. The first kappa shape index (κ1) is 12.9. The third kappa shape index (κ3) is 4.96. The van der Waals surface area contributed by atoms with E-state index in [2.05, 4.69) is 30.9 Å². The number of nitrogens with two attached hydrogens (primary N) is 1. The summed E-state index contributed by atoms with van der Waals surface area (Å²) in [4.78, 5) is 4.62. The topological polar surface area (TPSA) is 32.5 Å². The van der Waals surface area contributed by atoms with Crippen LogP contribution < -0.4 is 5.73 Å². The molecule has 0 unspecified atom stereocenters. The first-order valence-corrected chi connectivity index (χ1v) is 6.14. The predicted molar refractivity (Wildman–Crippen MR) is 66.1 cm³/mol. The lowest BCUT2D eigenvalue weighted by Crippen LogP contribution is -2.40. The van der Waals surface area contributed by atoms with Crippen molar-refractivity contribution in [3.05, 3.63) is 0 Å². The van der Waals surface area contributed by atoms with Crippen LogP contribution in [0.25, 0.3) is 0 Å². The van der Waals surface area contributed by atoms with Gasteiger partial charge in [0.25, 0.3) is 0 Å². The lowest BCUT2D eigenvalue weighted by molar-refractivity contribution is 0.252. The molecular weight excluding hydrogens is 186 g/mol. The van der Waals surface area contributed by atoms with E-state index in [1.807, 2.05) is 0 Å². The van der Waals surface area contributed by atoms with Crippen molar-refractivity contribution >= 4 is 0 Å². The van der Waals surface area contributed by atoms with Gasteiger partial charge in [-0.1, -0.05) is 12.8 Å². The highest BCUT2D eigenvalue weighted by Crippen LogP contribution is 2.29. The maximum Gasteiger partial charge on any atom is 0.0166 e. The Hall–Kier alpha value is -0.120. The van der Waals surface area contributed by atoms with E-state index in [1.165, 1.54) is 25.7 Å². The first-order chi connectivity index (χ1) is 7.02. The molecule has 0 saturated heterocycles. The number of nitrogens with zero attached hydrogens (tertiary/aromatic N) is 2. The third-order valence-corrected chi connectivity index (χ3v) is 3.52. The average molecular weight is 213 g/mol. The summed E-state index contributed by atoms with van der Waals surface area (Å²) in [5.41, 5.74) is 6.49. The SMILES string of the molecule is CN(C)CCN(C)CCC1(N)CCCC1. The minimum absolute atomic E-state index is 0.159. The Morgan fingerprint density at radius 1 is 1.00 bits per heavy atom. The average Bonchev–Trinajstić information content (AvgIpc) is 2.60. The van der Waals surface area contributed by atoms with E-state index < -0.39 is 0 Å². The summed E-state index contributed by atoms with van der Waals surface area (Å²) in [5.74, 6) is 0. The van der Waals surface area contributed by atoms with E-state index in [9.17, 15) is 0 Å². The number of hydrogen-bond acceptors (Lipinski definition) is 3. The molecule has 0 aromatic carbocycles. The molecule has 1 aliphatic carbocycles. The van der Waals surface area contributed by atoms with Gasteiger partial charge in [-0.15, -0.1) is 0 Å². The van der Waals surface area contributed by atoms with Gasteiger partial charge in [0.2, 0.25) is 0 Å². The standard InChI is InChI=1S/C12H27N3/c1-14(2)10-11-15(3)9-8-12(13)6-4-5-7-12/h4-11,13H2,1-3H3. The van der Waals surface area contributed by atoms with Crippen LogP contribution in [0.2, 0.25) is 0 Å². The Morgan fingerprint density at radius 3 is 2.13 bits per heavy atom. The van der Waals surface area contributed by atoms with Gasteiger partial charge in [0.05, 0.1) is 0 Å². The molecule has 2 N–H and O–H groups in total. The molecule has 15 heavy (non-hydrogen) atoms. The van der Waals surface area contributed by atoms with Crippen LogP contribution in [-0.2, 0) is 0 Å². The van der Waals surface area contributed by atoms with Crippen molar-refractivity contribution in [3.63, 3.8) is 0 Å². The summed E-state index contributed by atoms with van der Waals surface area (Å²) in [6.45, 7) is 3.42. The van der Waals surface area contributed by atoms with Gasteiger partial charge >= 0.3 is 0 Å². The van der Waals surface area contributed by atoms with Crippen LogP contribution in [0.4, 0.5) is 0 Å². The Balaban J connectivity index is 2.13. The van der Waals surface area contributed by atoms with Crippen LogP contribution >= 0.6 is 0 Å². The highest BCUT2D eigenvalue weighted by atomic mass is 15.1. The molecule has 0 aliphatic heterocycles. The molecule has 0 heterocycles. The van der Waals surface area contributed by atoms with Gasteiger partial charge in [0.1, 0.15) is 0 Å². The largest absolute Gasteiger partial charge is 0.325 e. The summed E-state index contributed by atoms with van der Waals surface area (Å²) in [6, 6.07) is 0. The Labute approximate surface area is 94.6 Å². The molecule has 0 radical (unpaired) electrons. The predicted octanol–water partition coefficient (Wildman–Crippen LogP) is 1.14. The smallest absolute Gasteiger partial charge is 0.0166 e. The molecule has 0 atom stereocenters. The van der Waals surface area contributed by atoms with Gasteiger partial charge in [0.15, 0.2) is 0 Å². The second-order valence-corrected chi connectivity index (χ2v) is 5.43. The van der Waals surface area contributed by atoms with Crippen molar-refractivity contribution < 1.29 is 0 Å². The molecule has 0 aromatic rings. The zero-order valence-electron chi connectivity index (χ0n) is 10.6. The zero-order chi connectivity index (χ0) is 11.3. The fourth-order valence-corrected chi connectivity index (χ4v) is 2.23. The minimum Gasteiger partial charge on any atom is -0.325 e. The van der Waals surface area contributed by atoms with Crippen molar-refractivity contribution in [3.8, 4) is 0 Å². The molecule has 1 fully saturated rings. The van der Waals surface area contributed by atoms with Crippen LogP contribution in [0.1, 0.15) is 32.1 Å². The van der Waals surface area contributed by atoms with Crippen molar-refractivity contribution in [1.82, 2.24) is 9.80 Å². The van der Waals surface area contributed by atoms with Gasteiger partial charge in [-0.05, 0) is 47.0 Å². The molecule has 3 heteroatoms. The molecule has 0 bridgehead atoms. The maximum absolute atomic E-state index is 6.33. The van der Waals surface area contributed by atoms with E-state index in [1.54, 1.807) is 0 Å². The third-order valence-electron chi connectivity index (χ3n) is 3.52. The summed E-state index contributed by atoms with van der Waals surface area (Å²) in [6.07, 6.45) is 6.29. The van der Waals surface area contributed by atoms with Crippen molar-refractivity contribution in [1.29, 1.82) is 0 Å². The van der Waals surface area contributed by atoms with Crippen LogP contribution in [0.15, 0.2) is 0 Å². The quantitative estimate of drug-likeness (QED) is 0.718. The zero-order valence-corrected chi connectivity index (χ0v) is 10.6. The van der Waals surface area contributed by atoms with Gasteiger partial charge in [0, 0.05) is 18.6 Å². The minimum atomic E-state index is 0.159. The van der Waals surface area contributed by atoms with E-state index >= 15 is 0 Å². The molecule has 1 rings (SSSR count). The van der Waals surface area contributed by atoms with E-state index in [0.29, 0.717) is 0 Å². The van der Waals surface area contributed by atoms with E-state index in [4.69, 9.17) is 5.73 Å². The summed E-state index contributed by atoms with van der Waals surface area (Å²) >= 11 is 0. The van der Waals surface area contributed by atoms with Gasteiger partial charge in [-0.25, -0.2) is 0 Å². The second-order valence-electron chi connectivity index (χ2n) is 5.43. The lowest BCUT2D eigenvalue weighted by atomic mass is 9.94. The van der Waals surface area contributed by atoms with Crippen LogP contribution in [0.3, 0.4) is 0 Å². The van der Waals surface area contributed by atoms with Crippen LogP contribution in [0.5, 0.6) is 0 Å². The summed E-state index contributed by atoms with van der Waals surface area (Å²) in [7, 11) is 6.44. The lowest BCUT2D eigenvalue weighted by Gasteiger charge is -2.27. The van der Waals surface area contributed by atoms with Crippen molar-refractivity contribution in [2.24, 2.45) is 5.73 Å². The van der Waals surface area contributed by atoms with Crippen molar-refractivity contribution in [2.75, 3.05) is 40.8 Å². The molecule has 0 amide bonds. The number of likely N-dealkylation sites (N-methyl/N-ethyl adjacent to an activating group) is 2. The highest BCUT2D eigenvalue weighted by Gasteiger charge is 2.28. The fraction of sp³-hybridized carbons (Fsp3) is 1.00. The molecule has 90 valence electrons. The van der Waals surface area contributed by atoms with Crippen LogP contribution in [0, 0.1) is 0 Å². The van der Waals surface area contributed by atoms with E-state index in [0.717, 1.165) is 26.1 Å². The molecule has 1 aliphatic rings. The van der Waals surface area contributed by atoms with E-state index in [-0.39, 0.29) is 5.54 Å². The van der Waals surface area contributed by atoms with Crippen LogP contribution in [-0.4, -0.2) is 56.1 Å². The van der Waals surface area contributed by atoms with Gasteiger partial charge in [-0.3, -0.25) is 0 Å². The molecule has 0 aromatic heterocycles. The Kier molecular flexibility index (Phi) is 5.03. The Morgan fingerprint density at radius 2 is 1.60 bits per heavy atom. The first-order valence-electron chi connectivity index (χ1n) is 6.14. The monoisotopic (exact) mass is 213 g/mol.